The SMILES string of the molecule is N#Cc1cccc(OCC(=O)Nc2cccc(C(=O)Nc3cccc(C(F)(F)F)c3)c2)c1. The molecule has 2 amide bonds. The van der Waals surface area contributed by atoms with Crippen molar-refractivity contribution in [1.29, 1.82) is 5.26 Å². The van der Waals surface area contributed by atoms with Crippen molar-refractivity contribution < 1.29 is 27.5 Å². The predicted octanol–water partition coefficient (Wildman–Crippen LogP) is 4.85. The van der Waals surface area contributed by atoms with E-state index in [1.165, 1.54) is 36.4 Å². The molecule has 0 saturated carbocycles. The van der Waals surface area contributed by atoms with Crippen molar-refractivity contribution in [3.05, 3.63) is 89.5 Å². The van der Waals surface area contributed by atoms with Crippen LogP contribution in [0.25, 0.3) is 0 Å². The molecule has 0 bridgehead atoms. The number of carbonyl (C=O) groups excluding carboxylic acids is 2. The molecule has 0 aliphatic heterocycles. The number of benzene rings is 3. The second-order valence-corrected chi connectivity index (χ2v) is 6.59. The molecule has 6 nitrogen and oxygen atoms in total. The second kappa shape index (κ2) is 9.66. The largest absolute Gasteiger partial charge is 0.484 e. The minimum Gasteiger partial charge on any atom is -0.484 e. The Balaban J connectivity index is 1.61. The van der Waals surface area contributed by atoms with E-state index in [-0.39, 0.29) is 17.9 Å². The average molecular weight is 439 g/mol. The van der Waals surface area contributed by atoms with E-state index >= 15 is 0 Å². The molecule has 0 aliphatic carbocycles. The number of nitrogens with zero attached hydrogens (tertiary/aromatic N) is 1. The quantitative estimate of drug-likeness (QED) is 0.575. The molecule has 0 aliphatic rings. The Kier molecular flexibility index (Phi) is 6.75. The Labute approximate surface area is 181 Å². The summed E-state index contributed by atoms with van der Waals surface area (Å²) >= 11 is 0. The van der Waals surface area contributed by atoms with Gasteiger partial charge >= 0.3 is 6.18 Å². The van der Waals surface area contributed by atoms with Crippen molar-refractivity contribution in [1.82, 2.24) is 0 Å². The number of nitriles is 1. The molecule has 0 heterocycles. The van der Waals surface area contributed by atoms with Crippen molar-refractivity contribution in [3.8, 4) is 11.8 Å². The zero-order valence-electron chi connectivity index (χ0n) is 16.4. The summed E-state index contributed by atoms with van der Waals surface area (Å²) in [5.74, 6) is -0.777. The fourth-order valence-electron chi connectivity index (χ4n) is 2.72. The molecule has 0 radical (unpaired) electrons. The fraction of sp³-hybridized carbons (Fsp3) is 0.0870. The molecule has 0 spiro atoms. The zero-order valence-corrected chi connectivity index (χ0v) is 16.4. The maximum atomic E-state index is 12.8. The molecule has 0 fully saturated rings. The van der Waals surface area contributed by atoms with Crippen LogP contribution in [0.1, 0.15) is 21.5 Å². The van der Waals surface area contributed by atoms with E-state index < -0.39 is 23.6 Å². The molecule has 0 atom stereocenters. The van der Waals surface area contributed by atoms with Gasteiger partial charge in [-0.05, 0) is 54.6 Å². The lowest BCUT2D eigenvalue weighted by atomic mass is 10.1. The van der Waals surface area contributed by atoms with E-state index in [9.17, 15) is 22.8 Å². The molecule has 0 unspecified atom stereocenters. The molecule has 9 heteroatoms. The lowest BCUT2D eigenvalue weighted by Crippen LogP contribution is -2.20. The minimum atomic E-state index is -4.52. The highest BCUT2D eigenvalue weighted by Crippen LogP contribution is 2.30. The van der Waals surface area contributed by atoms with Crippen LogP contribution in [-0.2, 0) is 11.0 Å². The monoisotopic (exact) mass is 439 g/mol. The van der Waals surface area contributed by atoms with Crippen LogP contribution >= 0.6 is 0 Å². The molecule has 32 heavy (non-hydrogen) atoms. The van der Waals surface area contributed by atoms with E-state index in [1.54, 1.807) is 24.3 Å². The zero-order chi connectivity index (χ0) is 23.1. The normalized spacial score (nSPS) is 10.7. The van der Waals surface area contributed by atoms with Crippen molar-refractivity contribution >= 4 is 23.2 Å². The van der Waals surface area contributed by atoms with Crippen LogP contribution in [-0.4, -0.2) is 18.4 Å². The summed E-state index contributed by atoms with van der Waals surface area (Å²) in [6.45, 7) is -0.324. The first-order valence-electron chi connectivity index (χ1n) is 9.26. The molecule has 3 aromatic rings. The molecule has 162 valence electrons. The van der Waals surface area contributed by atoms with E-state index in [4.69, 9.17) is 10.00 Å². The lowest BCUT2D eigenvalue weighted by molar-refractivity contribution is -0.137. The standard InChI is InChI=1S/C23H16F3N3O3/c24-23(25,26)17-6-3-8-19(12-17)29-22(31)16-5-2-7-18(11-16)28-21(30)14-32-20-9-1-4-15(10-20)13-27/h1-12H,14H2,(H,28,30)(H,29,31). The van der Waals surface area contributed by atoms with Crippen molar-refractivity contribution in [2.24, 2.45) is 0 Å². The highest BCUT2D eigenvalue weighted by molar-refractivity contribution is 6.05. The van der Waals surface area contributed by atoms with Crippen molar-refractivity contribution in [2.75, 3.05) is 17.2 Å². The van der Waals surface area contributed by atoms with Crippen molar-refractivity contribution in [3.63, 3.8) is 0 Å². The Morgan fingerprint density at radius 3 is 2.31 bits per heavy atom. The summed E-state index contributed by atoms with van der Waals surface area (Å²) in [5, 5.41) is 13.9. The highest BCUT2D eigenvalue weighted by atomic mass is 19.4. The Bertz CT molecular complexity index is 1190. The number of amides is 2. The number of anilines is 2. The summed E-state index contributed by atoms with van der Waals surface area (Å²) in [6.07, 6.45) is -4.52. The van der Waals surface area contributed by atoms with Crippen LogP contribution in [0.4, 0.5) is 24.5 Å². The average Bonchev–Trinajstić information content (AvgIpc) is 2.77. The van der Waals surface area contributed by atoms with Gasteiger partial charge in [0.1, 0.15) is 5.75 Å². The second-order valence-electron chi connectivity index (χ2n) is 6.59. The van der Waals surface area contributed by atoms with Gasteiger partial charge in [-0.25, -0.2) is 0 Å². The highest BCUT2D eigenvalue weighted by Gasteiger charge is 2.30. The first-order chi connectivity index (χ1) is 15.2. The molecule has 2 N–H and O–H groups in total. The third-order valence-corrected chi connectivity index (χ3v) is 4.19. The van der Waals surface area contributed by atoms with Gasteiger partial charge in [0, 0.05) is 16.9 Å². The van der Waals surface area contributed by atoms with Crippen LogP contribution in [0.3, 0.4) is 0 Å². The Hall–Kier alpha value is -4.32. The Morgan fingerprint density at radius 2 is 1.59 bits per heavy atom. The van der Waals surface area contributed by atoms with Crippen LogP contribution in [0.5, 0.6) is 5.75 Å². The first-order valence-corrected chi connectivity index (χ1v) is 9.26. The third kappa shape index (κ3) is 6.09. The predicted molar refractivity (Wildman–Crippen MR) is 111 cm³/mol. The minimum absolute atomic E-state index is 0.00716. The molecule has 3 aromatic carbocycles. The van der Waals surface area contributed by atoms with Gasteiger partial charge < -0.3 is 15.4 Å². The number of halogens is 3. The first kappa shape index (κ1) is 22.4. The van der Waals surface area contributed by atoms with Gasteiger partial charge in [-0.2, -0.15) is 18.4 Å². The van der Waals surface area contributed by atoms with E-state index in [0.717, 1.165) is 12.1 Å². The Morgan fingerprint density at radius 1 is 0.906 bits per heavy atom. The maximum Gasteiger partial charge on any atom is 0.416 e. The fourth-order valence-corrected chi connectivity index (χ4v) is 2.72. The topological polar surface area (TPSA) is 91.2 Å². The van der Waals surface area contributed by atoms with Crippen molar-refractivity contribution in [2.45, 2.75) is 6.18 Å². The number of ether oxygens (including phenoxy) is 1. The third-order valence-electron chi connectivity index (χ3n) is 4.19. The molecule has 0 saturated heterocycles. The lowest BCUT2D eigenvalue weighted by Gasteiger charge is -2.11. The molecular formula is C23H16F3N3O3. The van der Waals surface area contributed by atoms with E-state index in [0.29, 0.717) is 17.0 Å². The molecule has 0 aromatic heterocycles. The molecule has 3 rings (SSSR count). The number of rotatable bonds is 6. The van der Waals surface area contributed by atoms with E-state index in [1.807, 2.05) is 6.07 Å². The van der Waals surface area contributed by atoms with Gasteiger partial charge in [-0.15, -0.1) is 0 Å². The van der Waals surface area contributed by atoms with Gasteiger partial charge in [-0.1, -0.05) is 18.2 Å². The summed E-state index contributed by atoms with van der Waals surface area (Å²) in [5.41, 5.74) is -0.0461. The van der Waals surface area contributed by atoms with E-state index in [2.05, 4.69) is 10.6 Å². The van der Waals surface area contributed by atoms with Gasteiger partial charge in [0.05, 0.1) is 17.2 Å². The van der Waals surface area contributed by atoms with Crippen LogP contribution in [0, 0.1) is 11.3 Å². The number of nitrogens with one attached hydrogen (secondary N) is 2. The number of hydrogen-bond donors (Lipinski definition) is 2. The van der Waals surface area contributed by atoms with Crippen LogP contribution in [0.2, 0.25) is 0 Å². The van der Waals surface area contributed by atoms with Crippen LogP contribution in [0.15, 0.2) is 72.8 Å². The smallest absolute Gasteiger partial charge is 0.416 e. The maximum absolute atomic E-state index is 12.8. The summed E-state index contributed by atoms with van der Waals surface area (Å²) in [4.78, 5) is 24.6. The molecular weight excluding hydrogens is 423 g/mol. The van der Waals surface area contributed by atoms with Gasteiger partial charge in [0.25, 0.3) is 11.8 Å². The summed E-state index contributed by atoms with van der Waals surface area (Å²) < 4.78 is 43.8. The number of carbonyl (C=O) groups is 2. The van der Waals surface area contributed by atoms with Gasteiger partial charge in [0.2, 0.25) is 0 Å². The summed E-state index contributed by atoms with van der Waals surface area (Å²) in [6, 6.07) is 18.5. The van der Waals surface area contributed by atoms with Gasteiger partial charge in [-0.3, -0.25) is 9.59 Å². The number of alkyl halides is 3. The van der Waals surface area contributed by atoms with Crippen LogP contribution < -0.4 is 15.4 Å². The van der Waals surface area contributed by atoms with Gasteiger partial charge in [0.15, 0.2) is 6.61 Å². The number of hydrogen-bond acceptors (Lipinski definition) is 4. The summed E-state index contributed by atoms with van der Waals surface area (Å²) in [7, 11) is 0.